The van der Waals surface area contributed by atoms with E-state index in [0.717, 1.165) is 32.4 Å². The van der Waals surface area contributed by atoms with Gasteiger partial charge in [0.25, 0.3) is 0 Å². The predicted octanol–water partition coefficient (Wildman–Crippen LogP) is 0.414. The summed E-state index contributed by atoms with van der Waals surface area (Å²) in [5.74, 6) is 0.577. The van der Waals surface area contributed by atoms with E-state index in [2.05, 4.69) is 40.4 Å². The van der Waals surface area contributed by atoms with E-state index >= 15 is 0 Å². The second-order valence-electron chi connectivity index (χ2n) is 10.5. The van der Waals surface area contributed by atoms with Gasteiger partial charge in [0, 0.05) is 29.8 Å². The van der Waals surface area contributed by atoms with Gasteiger partial charge in [-0.1, -0.05) is 13.3 Å². The van der Waals surface area contributed by atoms with Crippen LogP contribution >= 0.6 is 11.8 Å². The van der Waals surface area contributed by atoms with Crippen LogP contribution in [0.5, 0.6) is 0 Å². The fraction of sp³-hybridized carbons (Fsp3) is 0.913. The third-order valence-corrected chi connectivity index (χ3v) is 9.48. The summed E-state index contributed by atoms with van der Waals surface area (Å²) in [7, 11) is 2.11. The van der Waals surface area contributed by atoms with Gasteiger partial charge in [-0.3, -0.25) is 14.5 Å². The molecule has 10 heteroatoms. The number of piperidine rings is 1. The number of carbonyl (C=O) groups is 2. The summed E-state index contributed by atoms with van der Waals surface area (Å²) in [5, 5.41) is 17.1. The van der Waals surface area contributed by atoms with Gasteiger partial charge in [0.1, 0.15) is 5.50 Å². The van der Waals surface area contributed by atoms with Crippen LogP contribution in [0.2, 0.25) is 0 Å². The van der Waals surface area contributed by atoms with Crippen molar-refractivity contribution in [2.24, 2.45) is 11.8 Å². The minimum atomic E-state index is -0.425. The Balaban J connectivity index is 1.26. The van der Waals surface area contributed by atoms with E-state index in [1.807, 2.05) is 23.6 Å². The summed E-state index contributed by atoms with van der Waals surface area (Å²) in [6, 6.07) is -0.0351. The Morgan fingerprint density at radius 1 is 1.18 bits per heavy atom. The Morgan fingerprint density at radius 2 is 2.00 bits per heavy atom. The summed E-state index contributed by atoms with van der Waals surface area (Å²) < 4.78 is 0. The van der Waals surface area contributed by atoms with E-state index in [4.69, 9.17) is 0 Å². The van der Waals surface area contributed by atoms with E-state index in [9.17, 15) is 14.7 Å². The first kappa shape index (κ1) is 25.2. The van der Waals surface area contributed by atoms with Crippen LogP contribution in [0.3, 0.4) is 0 Å². The molecule has 5 N–H and O–H groups in total. The fourth-order valence-corrected chi connectivity index (χ4v) is 7.19. The first-order chi connectivity index (χ1) is 15.8. The molecule has 2 amide bonds. The van der Waals surface area contributed by atoms with E-state index in [1.165, 1.54) is 6.42 Å². The molecule has 1 saturated carbocycles. The third-order valence-electron chi connectivity index (χ3n) is 7.93. The van der Waals surface area contributed by atoms with E-state index < -0.39 is 6.10 Å². The molecule has 5 unspecified atom stereocenters. The normalized spacial score (nSPS) is 38.9. The molecule has 4 aliphatic rings. The molecule has 4 rings (SSSR count). The fourth-order valence-electron chi connectivity index (χ4n) is 5.88. The molecule has 33 heavy (non-hydrogen) atoms. The number of β-amino-alcohol motifs (C(OH)–C–C–N with tert-alkyl or cyclic N) is 1. The SMILES string of the molecule is C[C@H](SC1NNCN1C)C1CCCC(NC(=O)C2CC(C(=O)N3C[C@H](O)C[C@@H]3C)CCN2)C1. The lowest BCUT2D eigenvalue weighted by atomic mass is 9.83. The van der Waals surface area contributed by atoms with Crippen molar-refractivity contribution in [3.63, 3.8) is 0 Å². The molecule has 3 aliphatic heterocycles. The number of thioether (sulfide) groups is 1. The lowest BCUT2D eigenvalue weighted by Gasteiger charge is -2.36. The topological polar surface area (TPSA) is 109 Å². The Bertz CT molecular complexity index is 699. The maximum Gasteiger partial charge on any atom is 0.237 e. The summed E-state index contributed by atoms with van der Waals surface area (Å²) in [5.41, 5.74) is 6.79. The van der Waals surface area contributed by atoms with Crippen molar-refractivity contribution in [2.45, 2.75) is 93.8 Å². The first-order valence-electron chi connectivity index (χ1n) is 12.7. The zero-order valence-corrected chi connectivity index (χ0v) is 21.1. The van der Waals surface area contributed by atoms with E-state index in [1.54, 1.807) is 0 Å². The predicted molar refractivity (Wildman–Crippen MR) is 130 cm³/mol. The second kappa shape index (κ2) is 11.2. The highest BCUT2D eigenvalue weighted by Gasteiger charge is 2.39. The van der Waals surface area contributed by atoms with E-state index in [0.29, 0.717) is 37.1 Å². The number of aliphatic hydroxyl groups excluding tert-OH is 1. The maximum absolute atomic E-state index is 13.1. The smallest absolute Gasteiger partial charge is 0.237 e. The van der Waals surface area contributed by atoms with Gasteiger partial charge < -0.3 is 20.6 Å². The van der Waals surface area contributed by atoms with Crippen LogP contribution in [0.4, 0.5) is 0 Å². The average molecular weight is 483 g/mol. The zero-order valence-electron chi connectivity index (χ0n) is 20.3. The second-order valence-corrected chi connectivity index (χ2v) is 12.0. The lowest BCUT2D eigenvalue weighted by molar-refractivity contribution is -0.138. The Kier molecular flexibility index (Phi) is 8.56. The zero-order chi connectivity index (χ0) is 23.5. The highest BCUT2D eigenvalue weighted by Crippen LogP contribution is 2.35. The minimum Gasteiger partial charge on any atom is -0.391 e. The summed E-state index contributed by atoms with van der Waals surface area (Å²) >= 11 is 1.95. The number of likely N-dealkylation sites (tertiary alicyclic amines) is 1. The van der Waals surface area contributed by atoms with Gasteiger partial charge in [0.2, 0.25) is 11.8 Å². The number of carbonyl (C=O) groups excluding carboxylic acids is 2. The largest absolute Gasteiger partial charge is 0.391 e. The number of hydrazine groups is 1. The maximum atomic E-state index is 13.1. The van der Waals surface area contributed by atoms with Crippen LogP contribution in [-0.2, 0) is 9.59 Å². The minimum absolute atomic E-state index is 0.0364. The molecular formula is C23H42N6O3S. The van der Waals surface area contributed by atoms with Gasteiger partial charge in [-0.15, -0.1) is 11.8 Å². The van der Waals surface area contributed by atoms with Gasteiger partial charge in [-0.2, -0.15) is 0 Å². The van der Waals surface area contributed by atoms with Gasteiger partial charge in [0.15, 0.2) is 0 Å². The molecule has 3 saturated heterocycles. The van der Waals surface area contributed by atoms with Crippen LogP contribution < -0.4 is 21.5 Å². The molecule has 0 radical (unpaired) electrons. The number of amides is 2. The summed E-state index contributed by atoms with van der Waals surface area (Å²) in [4.78, 5) is 30.2. The molecule has 0 aromatic heterocycles. The van der Waals surface area contributed by atoms with Crippen LogP contribution in [0.15, 0.2) is 0 Å². The molecule has 1 aliphatic carbocycles. The lowest BCUT2D eigenvalue weighted by Crippen LogP contribution is -2.54. The highest BCUT2D eigenvalue weighted by molar-refractivity contribution is 8.00. The molecule has 0 aromatic rings. The molecule has 9 nitrogen and oxygen atoms in total. The van der Waals surface area contributed by atoms with Crippen molar-refractivity contribution >= 4 is 23.6 Å². The van der Waals surface area contributed by atoms with Crippen molar-refractivity contribution in [3.8, 4) is 0 Å². The van der Waals surface area contributed by atoms with Gasteiger partial charge in [-0.25, -0.2) is 10.9 Å². The van der Waals surface area contributed by atoms with Crippen molar-refractivity contribution in [3.05, 3.63) is 0 Å². The standard InChI is InChI=1S/C23H42N6O3S/c1-14-9-19(30)12-29(14)22(32)17-7-8-24-20(11-17)21(31)26-18-6-4-5-16(10-18)15(2)33-23-27-25-13-28(23)3/h14-20,23-25,27,30H,4-13H2,1-3H3,(H,26,31)/t14-,15-,16?,17?,18?,19+,20?,23?/m0/s1. The number of rotatable bonds is 6. The van der Waals surface area contributed by atoms with Crippen molar-refractivity contribution in [1.82, 2.24) is 31.3 Å². The van der Waals surface area contributed by atoms with E-state index in [-0.39, 0.29) is 41.4 Å². The van der Waals surface area contributed by atoms with Crippen molar-refractivity contribution in [2.75, 3.05) is 26.8 Å². The average Bonchev–Trinajstić information content (AvgIpc) is 3.37. The molecule has 0 spiro atoms. The summed E-state index contributed by atoms with van der Waals surface area (Å²) in [6.07, 6.45) is 5.90. The van der Waals surface area contributed by atoms with Crippen LogP contribution in [0.1, 0.15) is 58.8 Å². The number of nitrogens with zero attached hydrogens (tertiary/aromatic N) is 2. The van der Waals surface area contributed by atoms with Crippen molar-refractivity contribution in [1.29, 1.82) is 0 Å². The van der Waals surface area contributed by atoms with Crippen molar-refractivity contribution < 1.29 is 14.7 Å². The molecular weight excluding hydrogens is 440 g/mol. The van der Waals surface area contributed by atoms with Gasteiger partial charge >= 0.3 is 0 Å². The van der Waals surface area contributed by atoms with Crippen LogP contribution in [0.25, 0.3) is 0 Å². The Morgan fingerprint density at radius 3 is 2.70 bits per heavy atom. The quantitative estimate of drug-likeness (QED) is 0.371. The summed E-state index contributed by atoms with van der Waals surface area (Å²) in [6.45, 7) is 6.25. The Hall–Kier alpha value is -0.910. The van der Waals surface area contributed by atoms with Gasteiger partial charge in [0.05, 0.1) is 18.8 Å². The molecule has 0 bridgehead atoms. The van der Waals surface area contributed by atoms with Gasteiger partial charge in [-0.05, 0) is 65.0 Å². The molecule has 4 fully saturated rings. The Labute approximate surface area is 202 Å². The molecule has 8 atom stereocenters. The van der Waals surface area contributed by atoms with Crippen LogP contribution in [0, 0.1) is 11.8 Å². The number of aliphatic hydroxyl groups is 1. The third kappa shape index (κ3) is 6.21. The first-order valence-corrected chi connectivity index (χ1v) is 13.6. The number of hydrogen-bond acceptors (Lipinski definition) is 8. The monoisotopic (exact) mass is 482 g/mol. The molecule has 3 heterocycles. The number of hydrogen-bond donors (Lipinski definition) is 5. The highest BCUT2D eigenvalue weighted by atomic mass is 32.2. The van der Waals surface area contributed by atoms with Crippen LogP contribution in [-0.4, -0.2) is 88.5 Å². The number of nitrogens with one attached hydrogen (secondary N) is 4. The molecule has 188 valence electrons. The molecule has 0 aromatic carbocycles.